The van der Waals surface area contributed by atoms with Crippen molar-refractivity contribution < 1.29 is 19.1 Å². The van der Waals surface area contributed by atoms with Gasteiger partial charge in [-0.3, -0.25) is 9.59 Å². The lowest BCUT2D eigenvalue weighted by molar-refractivity contribution is -0.130. The molecule has 1 atom stereocenters. The molecule has 28 heavy (non-hydrogen) atoms. The Labute approximate surface area is 168 Å². The van der Waals surface area contributed by atoms with Crippen LogP contribution in [0.3, 0.4) is 0 Å². The van der Waals surface area contributed by atoms with E-state index in [1.165, 1.54) is 0 Å². The minimum Gasteiger partial charge on any atom is -0.493 e. The molecule has 1 aliphatic rings. The van der Waals surface area contributed by atoms with E-state index in [-0.39, 0.29) is 29.7 Å². The standard InChI is InChI=1S/C22H34N2O4/c1-5-15(2)24-22(26)18-9-7-17(8-10-18)21(25)23-13-12-16-6-11-19(27-3)20(14-16)28-4/h6,11,14-15,17-18H,5,7-10,12-13H2,1-4H3,(H,23,25)(H,24,26). The topological polar surface area (TPSA) is 76.7 Å². The van der Waals surface area contributed by atoms with Crippen molar-refractivity contribution in [1.29, 1.82) is 0 Å². The predicted octanol–water partition coefficient (Wildman–Crippen LogP) is 3.08. The normalized spacial score (nSPS) is 20.1. The quantitative estimate of drug-likeness (QED) is 0.679. The van der Waals surface area contributed by atoms with Crippen LogP contribution in [0.25, 0.3) is 0 Å². The molecule has 1 unspecified atom stereocenters. The number of methoxy groups -OCH3 is 2. The fourth-order valence-corrected chi connectivity index (χ4v) is 3.59. The Morgan fingerprint density at radius 3 is 2.21 bits per heavy atom. The molecule has 2 rings (SSSR count). The largest absolute Gasteiger partial charge is 0.493 e. The van der Waals surface area contributed by atoms with Gasteiger partial charge in [-0.1, -0.05) is 13.0 Å². The Balaban J connectivity index is 1.74. The second-order valence-electron chi connectivity index (χ2n) is 7.60. The maximum atomic E-state index is 12.5. The monoisotopic (exact) mass is 390 g/mol. The fourth-order valence-electron chi connectivity index (χ4n) is 3.59. The average molecular weight is 391 g/mol. The third-order valence-corrected chi connectivity index (χ3v) is 5.63. The van der Waals surface area contributed by atoms with Crippen LogP contribution in [0.2, 0.25) is 0 Å². The number of rotatable bonds is 9. The molecule has 0 aliphatic heterocycles. The average Bonchev–Trinajstić information content (AvgIpc) is 2.73. The van der Waals surface area contributed by atoms with Gasteiger partial charge >= 0.3 is 0 Å². The van der Waals surface area contributed by atoms with Gasteiger partial charge in [-0.15, -0.1) is 0 Å². The van der Waals surface area contributed by atoms with Crippen LogP contribution in [0.5, 0.6) is 11.5 Å². The second kappa shape index (κ2) is 10.9. The lowest BCUT2D eigenvalue weighted by atomic mass is 9.81. The summed E-state index contributed by atoms with van der Waals surface area (Å²) in [6, 6.07) is 6.01. The number of benzene rings is 1. The molecule has 1 saturated carbocycles. The highest BCUT2D eigenvalue weighted by Crippen LogP contribution is 2.30. The van der Waals surface area contributed by atoms with Crippen molar-refractivity contribution in [2.75, 3.05) is 20.8 Å². The smallest absolute Gasteiger partial charge is 0.223 e. The number of carbonyl (C=O) groups excluding carboxylic acids is 2. The molecule has 1 aliphatic carbocycles. The Morgan fingerprint density at radius 2 is 1.64 bits per heavy atom. The second-order valence-corrected chi connectivity index (χ2v) is 7.60. The molecule has 2 N–H and O–H groups in total. The van der Waals surface area contributed by atoms with Gasteiger partial charge in [0.15, 0.2) is 11.5 Å². The molecule has 156 valence electrons. The molecule has 0 spiro atoms. The lowest BCUT2D eigenvalue weighted by Crippen LogP contribution is -2.40. The Morgan fingerprint density at radius 1 is 1.04 bits per heavy atom. The van der Waals surface area contributed by atoms with Gasteiger partial charge in [-0.25, -0.2) is 0 Å². The minimum atomic E-state index is 0.0121. The van der Waals surface area contributed by atoms with Gasteiger partial charge in [0.2, 0.25) is 11.8 Å². The van der Waals surface area contributed by atoms with Crippen LogP contribution in [-0.4, -0.2) is 38.6 Å². The van der Waals surface area contributed by atoms with E-state index in [2.05, 4.69) is 17.6 Å². The zero-order valence-electron chi connectivity index (χ0n) is 17.5. The van der Waals surface area contributed by atoms with Crippen LogP contribution in [0.4, 0.5) is 0 Å². The van der Waals surface area contributed by atoms with Gasteiger partial charge in [-0.2, -0.15) is 0 Å². The Kier molecular flexibility index (Phi) is 8.61. The van der Waals surface area contributed by atoms with E-state index in [9.17, 15) is 9.59 Å². The summed E-state index contributed by atoms with van der Waals surface area (Å²) in [7, 11) is 3.23. The summed E-state index contributed by atoms with van der Waals surface area (Å²) in [6.07, 6.45) is 4.80. The molecule has 0 saturated heterocycles. The molecule has 1 fully saturated rings. The van der Waals surface area contributed by atoms with E-state index in [1.807, 2.05) is 25.1 Å². The van der Waals surface area contributed by atoms with Crippen LogP contribution in [0.15, 0.2) is 18.2 Å². The minimum absolute atomic E-state index is 0.0121. The number of hydrogen-bond acceptors (Lipinski definition) is 4. The van der Waals surface area contributed by atoms with Gasteiger partial charge in [-0.05, 0) is 63.1 Å². The highest BCUT2D eigenvalue weighted by molar-refractivity contribution is 5.81. The van der Waals surface area contributed by atoms with Gasteiger partial charge in [0.05, 0.1) is 14.2 Å². The van der Waals surface area contributed by atoms with Gasteiger partial charge < -0.3 is 20.1 Å². The van der Waals surface area contributed by atoms with E-state index < -0.39 is 0 Å². The van der Waals surface area contributed by atoms with Crippen LogP contribution in [-0.2, 0) is 16.0 Å². The molecule has 0 radical (unpaired) electrons. The number of nitrogens with one attached hydrogen (secondary N) is 2. The maximum absolute atomic E-state index is 12.5. The van der Waals surface area contributed by atoms with Crippen molar-refractivity contribution in [1.82, 2.24) is 10.6 Å². The van der Waals surface area contributed by atoms with E-state index in [0.29, 0.717) is 18.0 Å². The van der Waals surface area contributed by atoms with Crippen LogP contribution >= 0.6 is 0 Å². The first-order valence-electron chi connectivity index (χ1n) is 10.3. The molecule has 2 amide bonds. The van der Waals surface area contributed by atoms with Crippen LogP contribution in [0, 0.1) is 11.8 Å². The lowest BCUT2D eigenvalue weighted by Gasteiger charge is -2.28. The first kappa shape index (κ1) is 22.1. The van der Waals surface area contributed by atoms with Crippen molar-refractivity contribution in [3.63, 3.8) is 0 Å². The SMILES string of the molecule is CCC(C)NC(=O)C1CCC(C(=O)NCCc2ccc(OC)c(OC)c2)CC1. The van der Waals surface area contributed by atoms with Crippen molar-refractivity contribution in [3.8, 4) is 11.5 Å². The van der Waals surface area contributed by atoms with Crippen LogP contribution in [0.1, 0.15) is 51.5 Å². The predicted molar refractivity (Wildman–Crippen MR) is 110 cm³/mol. The number of carbonyl (C=O) groups is 2. The van der Waals surface area contributed by atoms with E-state index in [0.717, 1.165) is 44.1 Å². The molecular formula is C22H34N2O4. The number of ether oxygens (including phenoxy) is 2. The van der Waals surface area contributed by atoms with Crippen molar-refractivity contribution in [2.45, 2.75) is 58.4 Å². The summed E-state index contributed by atoms with van der Waals surface area (Å²) in [5, 5.41) is 6.10. The summed E-state index contributed by atoms with van der Waals surface area (Å²) in [4.78, 5) is 24.7. The third-order valence-electron chi connectivity index (χ3n) is 5.63. The number of hydrogen-bond donors (Lipinski definition) is 2. The van der Waals surface area contributed by atoms with Gasteiger partial charge in [0.1, 0.15) is 0 Å². The first-order valence-corrected chi connectivity index (χ1v) is 10.3. The van der Waals surface area contributed by atoms with Crippen molar-refractivity contribution in [3.05, 3.63) is 23.8 Å². The van der Waals surface area contributed by atoms with Gasteiger partial charge in [0, 0.05) is 24.4 Å². The Bertz CT molecular complexity index is 654. The summed E-state index contributed by atoms with van der Waals surface area (Å²) >= 11 is 0. The molecule has 1 aromatic rings. The summed E-state index contributed by atoms with van der Waals surface area (Å²) in [5.41, 5.74) is 1.09. The summed E-state index contributed by atoms with van der Waals surface area (Å²) in [5.74, 6) is 1.69. The molecule has 0 aromatic heterocycles. The van der Waals surface area contributed by atoms with Crippen molar-refractivity contribution in [2.24, 2.45) is 11.8 Å². The zero-order chi connectivity index (χ0) is 20.5. The summed E-state index contributed by atoms with van der Waals surface area (Å²) < 4.78 is 10.6. The number of amides is 2. The molecule has 0 bridgehead atoms. The fraction of sp³-hybridized carbons (Fsp3) is 0.636. The summed E-state index contributed by atoms with van der Waals surface area (Å²) in [6.45, 7) is 4.67. The third kappa shape index (κ3) is 6.14. The molecule has 0 heterocycles. The van der Waals surface area contributed by atoms with E-state index in [4.69, 9.17) is 9.47 Å². The highest BCUT2D eigenvalue weighted by atomic mass is 16.5. The first-order chi connectivity index (χ1) is 13.5. The maximum Gasteiger partial charge on any atom is 0.223 e. The molecule has 6 nitrogen and oxygen atoms in total. The highest BCUT2D eigenvalue weighted by Gasteiger charge is 2.30. The van der Waals surface area contributed by atoms with E-state index >= 15 is 0 Å². The van der Waals surface area contributed by atoms with Gasteiger partial charge in [0.25, 0.3) is 0 Å². The molecule has 6 heteroatoms. The molecule has 1 aromatic carbocycles. The molecular weight excluding hydrogens is 356 g/mol. The van der Waals surface area contributed by atoms with E-state index in [1.54, 1.807) is 14.2 Å². The van der Waals surface area contributed by atoms with Crippen LogP contribution < -0.4 is 20.1 Å². The zero-order valence-corrected chi connectivity index (χ0v) is 17.5. The Hall–Kier alpha value is -2.24. The van der Waals surface area contributed by atoms with Crippen molar-refractivity contribution >= 4 is 11.8 Å².